The summed E-state index contributed by atoms with van der Waals surface area (Å²) in [6, 6.07) is 2.05. The molecule has 1 rings (SSSR count). The number of nitrogens with zero attached hydrogens (tertiary/aromatic N) is 2. The molecule has 19 heavy (non-hydrogen) atoms. The maximum absolute atomic E-state index is 6.21. The lowest BCUT2D eigenvalue weighted by atomic mass is 10.1. The van der Waals surface area contributed by atoms with Gasteiger partial charge in [0.1, 0.15) is 5.82 Å². The van der Waals surface area contributed by atoms with Crippen LogP contribution in [0.5, 0.6) is 0 Å². The zero-order chi connectivity index (χ0) is 14.5. The molecule has 0 aliphatic rings. The van der Waals surface area contributed by atoms with Gasteiger partial charge in [-0.25, -0.2) is 4.98 Å². The summed E-state index contributed by atoms with van der Waals surface area (Å²) < 4.78 is 0. The van der Waals surface area contributed by atoms with Crippen LogP contribution in [0.4, 0.5) is 5.82 Å². The van der Waals surface area contributed by atoms with Crippen molar-refractivity contribution in [2.45, 2.75) is 39.8 Å². The molecule has 0 radical (unpaired) electrons. The monoisotopic (exact) mass is 281 g/mol. The van der Waals surface area contributed by atoms with Crippen molar-refractivity contribution >= 4 is 17.4 Å². The van der Waals surface area contributed by atoms with Crippen LogP contribution in [0.3, 0.4) is 0 Å². The van der Waals surface area contributed by atoms with E-state index >= 15 is 0 Å². The van der Waals surface area contributed by atoms with Gasteiger partial charge in [0.05, 0.1) is 5.02 Å². The minimum Gasteiger partial charge on any atom is -0.353 e. The van der Waals surface area contributed by atoms with Gasteiger partial charge < -0.3 is 10.2 Å². The minimum atomic E-state index is 0.0678. The van der Waals surface area contributed by atoms with E-state index in [2.05, 4.69) is 49.5 Å². The number of pyridine rings is 1. The molecular formula is C15H24ClN3. The van der Waals surface area contributed by atoms with Crippen LogP contribution in [0, 0.1) is 0 Å². The van der Waals surface area contributed by atoms with E-state index in [9.17, 15) is 0 Å². The van der Waals surface area contributed by atoms with Gasteiger partial charge in [-0.15, -0.1) is 6.58 Å². The van der Waals surface area contributed by atoms with Gasteiger partial charge in [-0.05, 0) is 39.3 Å². The van der Waals surface area contributed by atoms with Gasteiger partial charge in [0, 0.05) is 31.4 Å². The summed E-state index contributed by atoms with van der Waals surface area (Å²) in [4.78, 5) is 6.55. The van der Waals surface area contributed by atoms with E-state index in [4.69, 9.17) is 11.6 Å². The Bertz CT molecular complexity index is 424. The largest absolute Gasteiger partial charge is 0.353 e. The van der Waals surface area contributed by atoms with Crippen molar-refractivity contribution in [1.29, 1.82) is 0 Å². The molecule has 0 bridgehead atoms. The van der Waals surface area contributed by atoms with Gasteiger partial charge in [0.15, 0.2) is 0 Å². The zero-order valence-electron chi connectivity index (χ0n) is 12.3. The van der Waals surface area contributed by atoms with Crippen molar-refractivity contribution in [3.63, 3.8) is 0 Å². The molecular weight excluding hydrogens is 258 g/mol. The van der Waals surface area contributed by atoms with Crippen LogP contribution in [0.2, 0.25) is 5.02 Å². The van der Waals surface area contributed by atoms with E-state index in [1.807, 2.05) is 12.1 Å². The molecule has 106 valence electrons. The van der Waals surface area contributed by atoms with Gasteiger partial charge in [0.2, 0.25) is 0 Å². The van der Waals surface area contributed by atoms with E-state index in [-0.39, 0.29) is 5.54 Å². The first-order valence-electron chi connectivity index (χ1n) is 6.62. The number of hydrogen-bond donors (Lipinski definition) is 1. The Morgan fingerprint density at radius 3 is 2.68 bits per heavy atom. The van der Waals surface area contributed by atoms with Gasteiger partial charge >= 0.3 is 0 Å². The zero-order valence-corrected chi connectivity index (χ0v) is 13.1. The summed E-state index contributed by atoms with van der Waals surface area (Å²) in [5.41, 5.74) is 1.14. The molecule has 0 fully saturated rings. The fourth-order valence-electron chi connectivity index (χ4n) is 1.68. The van der Waals surface area contributed by atoms with Gasteiger partial charge in [-0.3, -0.25) is 0 Å². The number of likely N-dealkylation sites (N-methyl/N-ethyl adjacent to an activating group) is 1. The van der Waals surface area contributed by atoms with Gasteiger partial charge in [-0.2, -0.15) is 0 Å². The maximum atomic E-state index is 6.21. The third-order valence-electron chi connectivity index (χ3n) is 2.78. The lowest BCUT2D eigenvalue weighted by Crippen LogP contribution is -2.35. The predicted molar refractivity (Wildman–Crippen MR) is 83.9 cm³/mol. The number of nitrogens with one attached hydrogen (secondary N) is 1. The minimum absolute atomic E-state index is 0.0678. The van der Waals surface area contributed by atoms with E-state index < -0.39 is 0 Å². The molecule has 0 aliphatic heterocycles. The topological polar surface area (TPSA) is 28.2 Å². The summed E-state index contributed by atoms with van der Waals surface area (Å²) in [7, 11) is 0. The predicted octanol–water partition coefficient (Wildman–Crippen LogP) is 3.64. The molecule has 0 spiro atoms. The maximum Gasteiger partial charge on any atom is 0.129 e. The molecule has 0 aliphatic carbocycles. The van der Waals surface area contributed by atoms with E-state index in [0.717, 1.165) is 31.0 Å². The smallest absolute Gasteiger partial charge is 0.129 e. The highest BCUT2D eigenvalue weighted by Crippen LogP contribution is 2.21. The second-order valence-electron chi connectivity index (χ2n) is 5.56. The summed E-state index contributed by atoms with van der Waals surface area (Å²) in [5.74, 6) is 0.942. The Labute approximate surface area is 121 Å². The molecule has 1 heterocycles. The molecule has 0 aromatic carbocycles. The first kappa shape index (κ1) is 16.0. The van der Waals surface area contributed by atoms with Crippen molar-refractivity contribution in [3.05, 3.63) is 35.5 Å². The Hall–Kier alpha value is -1.06. The van der Waals surface area contributed by atoms with Crippen molar-refractivity contribution in [3.8, 4) is 0 Å². The van der Waals surface area contributed by atoms with Gasteiger partial charge in [-0.1, -0.05) is 17.7 Å². The van der Waals surface area contributed by atoms with Crippen molar-refractivity contribution in [1.82, 2.24) is 10.3 Å². The number of aromatic nitrogens is 1. The standard InChI is InChI=1S/C15H24ClN3/c1-6-8-19(7-2)14-9-12(13(16)11-17-14)10-18-15(3,4)5/h6,9,11,18H,1,7-8,10H2,2-5H3. The van der Waals surface area contributed by atoms with E-state index in [1.54, 1.807) is 6.20 Å². The summed E-state index contributed by atoms with van der Waals surface area (Å²) in [5, 5.41) is 4.15. The first-order chi connectivity index (χ1) is 8.87. The Morgan fingerprint density at radius 2 is 2.16 bits per heavy atom. The molecule has 0 saturated carbocycles. The first-order valence-corrected chi connectivity index (χ1v) is 7.00. The average Bonchev–Trinajstić information content (AvgIpc) is 2.34. The van der Waals surface area contributed by atoms with Crippen LogP contribution in [0.1, 0.15) is 33.3 Å². The van der Waals surface area contributed by atoms with Gasteiger partial charge in [0.25, 0.3) is 0 Å². The van der Waals surface area contributed by atoms with Crippen LogP contribution < -0.4 is 10.2 Å². The summed E-state index contributed by atoms with van der Waals surface area (Å²) in [6.45, 7) is 14.7. The van der Waals surface area contributed by atoms with Crippen LogP contribution >= 0.6 is 11.6 Å². The molecule has 4 heteroatoms. The third kappa shape index (κ3) is 5.21. The molecule has 0 amide bonds. The Morgan fingerprint density at radius 1 is 1.47 bits per heavy atom. The van der Waals surface area contributed by atoms with Crippen LogP contribution in [0.25, 0.3) is 0 Å². The Kier molecular flexibility index (Phi) is 5.83. The second kappa shape index (κ2) is 6.92. The fraction of sp³-hybridized carbons (Fsp3) is 0.533. The summed E-state index contributed by atoms with van der Waals surface area (Å²) >= 11 is 6.21. The fourth-order valence-corrected chi connectivity index (χ4v) is 1.85. The number of halogens is 1. The molecule has 1 N–H and O–H groups in total. The van der Waals surface area contributed by atoms with Crippen molar-refractivity contribution in [2.75, 3.05) is 18.0 Å². The molecule has 1 aromatic heterocycles. The highest BCUT2D eigenvalue weighted by Gasteiger charge is 2.12. The lowest BCUT2D eigenvalue weighted by Gasteiger charge is -2.23. The summed E-state index contributed by atoms with van der Waals surface area (Å²) in [6.07, 6.45) is 3.61. The highest BCUT2D eigenvalue weighted by atomic mass is 35.5. The number of hydrogen-bond acceptors (Lipinski definition) is 3. The SMILES string of the molecule is C=CCN(CC)c1cc(CNC(C)(C)C)c(Cl)cn1. The van der Waals surface area contributed by atoms with E-state index in [0.29, 0.717) is 5.02 Å². The lowest BCUT2D eigenvalue weighted by molar-refractivity contribution is 0.424. The molecule has 0 atom stereocenters. The molecule has 1 aromatic rings. The quantitative estimate of drug-likeness (QED) is 0.807. The highest BCUT2D eigenvalue weighted by molar-refractivity contribution is 6.31. The normalized spacial score (nSPS) is 11.4. The van der Waals surface area contributed by atoms with Crippen molar-refractivity contribution < 1.29 is 0 Å². The van der Waals surface area contributed by atoms with Crippen molar-refractivity contribution in [2.24, 2.45) is 0 Å². The van der Waals surface area contributed by atoms with Crippen LogP contribution in [0.15, 0.2) is 24.9 Å². The molecule has 0 unspecified atom stereocenters. The average molecular weight is 282 g/mol. The molecule has 0 saturated heterocycles. The number of anilines is 1. The number of rotatable bonds is 6. The van der Waals surface area contributed by atoms with E-state index in [1.165, 1.54) is 0 Å². The third-order valence-corrected chi connectivity index (χ3v) is 3.12. The van der Waals surface area contributed by atoms with Crippen LogP contribution in [-0.4, -0.2) is 23.6 Å². The molecule has 3 nitrogen and oxygen atoms in total. The second-order valence-corrected chi connectivity index (χ2v) is 5.97. The Balaban J connectivity index is 2.89. The van der Waals surface area contributed by atoms with Crippen LogP contribution in [-0.2, 0) is 6.54 Å².